The smallest absolute Gasteiger partial charge is 0.191 e. The van der Waals surface area contributed by atoms with Crippen molar-refractivity contribution in [3.05, 3.63) is 78.4 Å². The minimum atomic E-state index is -0.302. The lowest BCUT2D eigenvalue weighted by Gasteiger charge is -2.04. The van der Waals surface area contributed by atoms with Crippen LogP contribution in [0.5, 0.6) is 0 Å². The van der Waals surface area contributed by atoms with E-state index in [0.717, 1.165) is 16.4 Å². The fourth-order valence-electron chi connectivity index (χ4n) is 2.62. The molecule has 4 rings (SSSR count). The number of nitrogens with zero attached hydrogens (tertiary/aromatic N) is 5. The summed E-state index contributed by atoms with van der Waals surface area (Å²) in [4.78, 5) is 0. The molecule has 0 bridgehead atoms. The van der Waals surface area contributed by atoms with Crippen LogP contribution in [-0.2, 0) is 12.8 Å². The quantitative estimate of drug-likeness (QED) is 0.500. The van der Waals surface area contributed by atoms with Gasteiger partial charge in [-0.15, -0.1) is 10.2 Å². The summed E-state index contributed by atoms with van der Waals surface area (Å²) in [7, 11) is 1.84. The predicted octanol–water partition coefficient (Wildman–Crippen LogP) is 4.10. The summed E-state index contributed by atoms with van der Waals surface area (Å²) >= 11 is 1.54. The number of thioether (sulfide) groups is 1. The van der Waals surface area contributed by atoms with Crippen molar-refractivity contribution < 1.29 is 4.39 Å². The number of rotatable bonds is 5. The Balaban J connectivity index is 1.50. The average molecular weight is 365 g/mol. The van der Waals surface area contributed by atoms with Crippen LogP contribution in [0, 0.1) is 5.82 Å². The van der Waals surface area contributed by atoms with E-state index in [9.17, 15) is 4.39 Å². The molecule has 0 saturated carbocycles. The van der Waals surface area contributed by atoms with E-state index in [1.54, 1.807) is 30.0 Å². The van der Waals surface area contributed by atoms with Crippen molar-refractivity contribution in [2.24, 2.45) is 7.05 Å². The van der Waals surface area contributed by atoms with Crippen molar-refractivity contribution >= 4 is 11.8 Å². The third-order valence-electron chi connectivity index (χ3n) is 3.97. The van der Waals surface area contributed by atoms with Gasteiger partial charge in [-0.05, 0) is 24.3 Å². The second-order valence-corrected chi connectivity index (χ2v) is 6.70. The monoisotopic (exact) mass is 365 g/mol. The Morgan fingerprint density at radius 1 is 1.00 bits per heavy atom. The molecule has 0 atom stereocenters. The Hall–Kier alpha value is -2.93. The van der Waals surface area contributed by atoms with Crippen LogP contribution < -0.4 is 0 Å². The highest BCUT2D eigenvalue weighted by Gasteiger charge is 2.14. The third-order valence-corrected chi connectivity index (χ3v) is 5.07. The van der Waals surface area contributed by atoms with Gasteiger partial charge < -0.3 is 4.57 Å². The summed E-state index contributed by atoms with van der Waals surface area (Å²) in [5, 5.41) is 13.5. The molecule has 0 aliphatic heterocycles. The van der Waals surface area contributed by atoms with Crippen LogP contribution in [0.15, 0.2) is 72.1 Å². The van der Waals surface area contributed by atoms with E-state index in [1.807, 2.05) is 59.0 Å². The van der Waals surface area contributed by atoms with Crippen LogP contribution in [0.3, 0.4) is 0 Å². The molecule has 0 saturated heterocycles. The summed E-state index contributed by atoms with van der Waals surface area (Å²) in [5.41, 5.74) is 2.55. The molecule has 0 aliphatic carbocycles. The number of hydrogen-bond acceptors (Lipinski definition) is 4. The highest BCUT2D eigenvalue weighted by Crippen LogP contribution is 2.26. The van der Waals surface area contributed by atoms with Gasteiger partial charge in [0.15, 0.2) is 11.0 Å². The van der Waals surface area contributed by atoms with Gasteiger partial charge >= 0.3 is 0 Å². The van der Waals surface area contributed by atoms with E-state index in [4.69, 9.17) is 0 Å². The van der Waals surface area contributed by atoms with E-state index in [1.165, 1.54) is 6.07 Å². The molecule has 2 heterocycles. The first-order chi connectivity index (χ1) is 12.7. The lowest BCUT2D eigenvalue weighted by molar-refractivity contribution is 0.628. The fraction of sp³-hybridized carbons (Fsp3) is 0.105. The highest BCUT2D eigenvalue weighted by molar-refractivity contribution is 7.98. The standard InChI is InChI=1S/C19H16FN5S/c1-24-18(16-9-5-6-10-17(16)20)22-23-19(24)26-13-14-11-21-25(12-14)15-7-3-2-4-8-15/h2-12H,13H2,1H3. The predicted molar refractivity (Wildman–Crippen MR) is 99.5 cm³/mol. The normalized spacial score (nSPS) is 11.0. The van der Waals surface area contributed by atoms with Gasteiger partial charge in [0.2, 0.25) is 0 Å². The number of halogens is 1. The molecule has 5 nitrogen and oxygen atoms in total. The van der Waals surface area contributed by atoms with Crippen molar-refractivity contribution in [2.75, 3.05) is 0 Å². The van der Waals surface area contributed by atoms with Crippen molar-refractivity contribution in [3.63, 3.8) is 0 Å². The van der Waals surface area contributed by atoms with Gasteiger partial charge in [0.1, 0.15) is 5.82 Å². The van der Waals surface area contributed by atoms with Gasteiger partial charge in [-0.2, -0.15) is 5.10 Å². The highest BCUT2D eigenvalue weighted by atomic mass is 32.2. The van der Waals surface area contributed by atoms with Crippen LogP contribution >= 0.6 is 11.8 Å². The van der Waals surface area contributed by atoms with Gasteiger partial charge in [-0.3, -0.25) is 0 Å². The van der Waals surface area contributed by atoms with E-state index in [0.29, 0.717) is 17.1 Å². The molecule has 2 aromatic heterocycles. The van der Waals surface area contributed by atoms with E-state index < -0.39 is 0 Å². The van der Waals surface area contributed by atoms with Crippen LogP contribution in [0.2, 0.25) is 0 Å². The SMILES string of the molecule is Cn1c(SCc2cnn(-c3ccccc3)c2)nnc1-c1ccccc1F. The maximum Gasteiger partial charge on any atom is 0.191 e. The van der Waals surface area contributed by atoms with Crippen LogP contribution in [0.1, 0.15) is 5.56 Å². The van der Waals surface area contributed by atoms with Crippen molar-refractivity contribution in [3.8, 4) is 17.1 Å². The molecule has 2 aromatic carbocycles. The Morgan fingerprint density at radius 3 is 2.58 bits per heavy atom. The first-order valence-electron chi connectivity index (χ1n) is 8.08. The summed E-state index contributed by atoms with van der Waals surface area (Å²) in [6.07, 6.45) is 3.84. The zero-order valence-electron chi connectivity index (χ0n) is 14.1. The van der Waals surface area contributed by atoms with Crippen LogP contribution in [0.25, 0.3) is 17.1 Å². The Labute approximate surface area is 154 Å². The molecule has 0 unspecified atom stereocenters. The molecule has 0 N–H and O–H groups in total. The zero-order chi connectivity index (χ0) is 17.9. The number of hydrogen-bond donors (Lipinski definition) is 0. The third kappa shape index (κ3) is 3.25. The first kappa shape index (κ1) is 16.5. The summed E-state index contributed by atoms with van der Waals surface area (Å²) in [6.45, 7) is 0. The zero-order valence-corrected chi connectivity index (χ0v) is 14.9. The van der Waals surface area contributed by atoms with Crippen molar-refractivity contribution in [2.45, 2.75) is 10.9 Å². The molecule has 0 spiro atoms. The molecule has 7 heteroatoms. The van der Waals surface area contributed by atoms with Gasteiger partial charge in [-0.25, -0.2) is 9.07 Å². The molecule has 26 heavy (non-hydrogen) atoms. The van der Waals surface area contributed by atoms with Crippen molar-refractivity contribution in [1.82, 2.24) is 24.5 Å². The summed E-state index contributed by atoms with van der Waals surface area (Å²) in [6, 6.07) is 16.5. The van der Waals surface area contributed by atoms with E-state index >= 15 is 0 Å². The van der Waals surface area contributed by atoms with Crippen LogP contribution in [-0.4, -0.2) is 24.5 Å². The Kier molecular flexibility index (Phi) is 4.53. The number of aromatic nitrogens is 5. The second kappa shape index (κ2) is 7.13. The lowest BCUT2D eigenvalue weighted by atomic mass is 10.2. The van der Waals surface area contributed by atoms with Crippen LogP contribution in [0.4, 0.5) is 4.39 Å². The molecule has 0 radical (unpaired) electrons. The maximum absolute atomic E-state index is 14.0. The lowest BCUT2D eigenvalue weighted by Crippen LogP contribution is -1.96. The summed E-state index contributed by atoms with van der Waals surface area (Å²) < 4.78 is 17.6. The minimum absolute atomic E-state index is 0.302. The first-order valence-corrected chi connectivity index (χ1v) is 9.07. The van der Waals surface area contributed by atoms with Gasteiger partial charge in [0, 0.05) is 24.6 Å². The van der Waals surface area contributed by atoms with E-state index in [2.05, 4.69) is 15.3 Å². The average Bonchev–Trinajstić information content (AvgIpc) is 3.28. The maximum atomic E-state index is 14.0. The Morgan fingerprint density at radius 2 is 1.77 bits per heavy atom. The minimum Gasteiger partial charge on any atom is -0.305 e. The van der Waals surface area contributed by atoms with Gasteiger partial charge in [-0.1, -0.05) is 42.1 Å². The largest absolute Gasteiger partial charge is 0.305 e. The molecular formula is C19H16FN5S. The molecule has 4 aromatic rings. The molecule has 130 valence electrons. The van der Waals surface area contributed by atoms with Gasteiger partial charge in [0.25, 0.3) is 0 Å². The second-order valence-electron chi connectivity index (χ2n) is 5.76. The van der Waals surface area contributed by atoms with Gasteiger partial charge in [0.05, 0.1) is 17.4 Å². The summed E-state index contributed by atoms with van der Waals surface area (Å²) in [5.74, 6) is 0.921. The molecule has 0 fully saturated rings. The Bertz CT molecular complexity index is 1030. The molecular weight excluding hydrogens is 349 g/mol. The number of para-hydroxylation sites is 1. The fourth-order valence-corrected chi connectivity index (χ4v) is 3.45. The topological polar surface area (TPSA) is 48.5 Å². The molecule has 0 amide bonds. The molecule has 0 aliphatic rings. The van der Waals surface area contributed by atoms with Crippen molar-refractivity contribution in [1.29, 1.82) is 0 Å². The van der Waals surface area contributed by atoms with E-state index in [-0.39, 0.29) is 5.82 Å². The number of benzene rings is 2.